The van der Waals surface area contributed by atoms with Gasteiger partial charge in [-0.1, -0.05) is 19.1 Å². The Morgan fingerprint density at radius 3 is 2.71 bits per heavy atom. The number of rotatable bonds is 5. The quantitative estimate of drug-likeness (QED) is 0.833. The van der Waals surface area contributed by atoms with E-state index in [1.54, 1.807) is 24.5 Å². The molecule has 17 heavy (non-hydrogen) atoms. The van der Waals surface area contributed by atoms with Crippen LogP contribution in [0, 0.1) is 5.82 Å². The minimum Gasteiger partial charge on any atom is -0.347 e. The Hall–Kier alpha value is -1.68. The molecule has 1 heterocycles. The lowest BCUT2D eigenvalue weighted by Crippen LogP contribution is -2.24. The van der Waals surface area contributed by atoms with E-state index in [2.05, 4.69) is 22.2 Å². The van der Waals surface area contributed by atoms with Crippen molar-refractivity contribution in [2.24, 2.45) is 0 Å². The minimum absolute atomic E-state index is 0.00875. The molecule has 0 saturated heterocycles. The van der Waals surface area contributed by atoms with Crippen molar-refractivity contribution in [3.8, 4) is 0 Å². The molecule has 1 atom stereocenters. The lowest BCUT2D eigenvalue weighted by atomic mass is 10.1. The van der Waals surface area contributed by atoms with Gasteiger partial charge in [-0.3, -0.25) is 0 Å². The van der Waals surface area contributed by atoms with Crippen molar-refractivity contribution in [2.75, 3.05) is 6.54 Å². The van der Waals surface area contributed by atoms with E-state index in [9.17, 15) is 4.39 Å². The van der Waals surface area contributed by atoms with Gasteiger partial charge in [-0.15, -0.1) is 0 Å². The average Bonchev–Trinajstić information content (AvgIpc) is 2.85. The third-order valence-corrected chi connectivity index (χ3v) is 2.59. The second kappa shape index (κ2) is 5.59. The van der Waals surface area contributed by atoms with Crippen LogP contribution in [0.3, 0.4) is 0 Å². The average molecular weight is 233 g/mol. The maximum atomic E-state index is 12.9. The number of halogens is 1. The van der Waals surface area contributed by atoms with Gasteiger partial charge >= 0.3 is 0 Å². The Balaban J connectivity index is 2.23. The summed E-state index contributed by atoms with van der Waals surface area (Å²) < 4.78 is 12.9. The van der Waals surface area contributed by atoms with E-state index >= 15 is 0 Å². The van der Waals surface area contributed by atoms with Crippen molar-refractivity contribution in [3.05, 3.63) is 53.9 Å². The highest BCUT2D eigenvalue weighted by Crippen LogP contribution is 2.19. The molecule has 0 radical (unpaired) electrons. The zero-order valence-electron chi connectivity index (χ0n) is 9.78. The van der Waals surface area contributed by atoms with Crippen LogP contribution in [0.2, 0.25) is 0 Å². The van der Waals surface area contributed by atoms with Crippen molar-refractivity contribution < 1.29 is 4.39 Å². The maximum Gasteiger partial charge on any atom is 0.127 e. The van der Waals surface area contributed by atoms with Crippen LogP contribution >= 0.6 is 0 Å². The van der Waals surface area contributed by atoms with Gasteiger partial charge in [-0.2, -0.15) is 0 Å². The number of hydrogen-bond acceptors (Lipinski definition) is 2. The van der Waals surface area contributed by atoms with Gasteiger partial charge in [0.2, 0.25) is 0 Å². The summed E-state index contributed by atoms with van der Waals surface area (Å²) in [6, 6.07) is 6.50. The first-order valence-electron chi connectivity index (χ1n) is 5.79. The van der Waals surface area contributed by atoms with Crippen LogP contribution in [0.25, 0.3) is 0 Å². The molecule has 0 fully saturated rings. The number of aromatic amines is 1. The number of aromatic nitrogens is 2. The smallest absolute Gasteiger partial charge is 0.127 e. The minimum atomic E-state index is -0.220. The number of benzene rings is 1. The first kappa shape index (κ1) is 11.8. The van der Waals surface area contributed by atoms with Crippen molar-refractivity contribution in [1.82, 2.24) is 15.3 Å². The highest BCUT2D eigenvalue weighted by atomic mass is 19.1. The Labute approximate surface area is 100 Å². The van der Waals surface area contributed by atoms with Gasteiger partial charge in [0.25, 0.3) is 0 Å². The third kappa shape index (κ3) is 2.91. The summed E-state index contributed by atoms with van der Waals surface area (Å²) in [5, 5.41) is 3.39. The lowest BCUT2D eigenvalue weighted by Gasteiger charge is -2.16. The van der Waals surface area contributed by atoms with E-state index in [0.717, 1.165) is 24.4 Å². The van der Waals surface area contributed by atoms with Gasteiger partial charge in [0.1, 0.15) is 11.6 Å². The molecule has 2 rings (SSSR count). The molecular weight excluding hydrogens is 217 g/mol. The van der Waals surface area contributed by atoms with Crippen LogP contribution in [0.15, 0.2) is 36.7 Å². The molecule has 0 aliphatic carbocycles. The Morgan fingerprint density at radius 2 is 2.12 bits per heavy atom. The molecule has 0 spiro atoms. The van der Waals surface area contributed by atoms with E-state index in [4.69, 9.17) is 0 Å². The number of nitrogens with zero attached hydrogens (tertiary/aromatic N) is 1. The first-order valence-corrected chi connectivity index (χ1v) is 5.79. The van der Waals surface area contributed by atoms with Gasteiger partial charge in [0, 0.05) is 12.4 Å². The van der Waals surface area contributed by atoms with Crippen LogP contribution in [0.4, 0.5) is 4.39 Å². The molecule has 90 valence electrons. The van der Waals surface area contributed by atoms with Crippen molar-refractivity contribution in [1.29, 1.82) is 0 Å². The lowest BCUT2D eigenvalue weighted by molar-refractivity contribution is 0.573. The molecule has 1 aromatic heterocycles. The zero-order valence-corrected chi connectivity index (χ0v) is 9.78. The van der Waals surface area contributed by atoms with Crippen LogP contribution in [0.5, 0.6) is 0 Å². The highest BCUT2D eigenvalue weighted by Gasteiger charge is 2.15. The summed E-state index contributed by atoms with van der Waals surface area (Å²) in [4.78, 5) is 7.35. The third-order valence-electron chi connectivity index (χ3n) is 2.59. The van der Waals surface area contributed by atoms with Gasteiger partial charge < -0.3 is 10.3 Å². The second-order valence-electron chi connectivity index (χ2n) is 3.91. The summed E-state index contributed by atoms with van der Waals surface area (Å²) in [5.41, 5.74) is 1.01. The maximum absolute atomic E-state index is 12.9. The Kier molecular flexibility index (Phi) is 3.88. The molecule has 0 amide bonds. The van der Waals surface area contributed by atoms with Crippen LogP contribution < -0.4 is 5.32 Å². The number of nitrogens with one attached hydrogen (secondary N) is 2. The number of imidazole rings is 1. The van der Waals surface area contributed by atoms with Gasteiger partial charge in [-0.05, 0) is 30.7 Å². The second-order valence-corrected chi connectivity index (χ2v) is 3.91. The topological polar surface area (TPSA) is 40.7 Å². The molecule has 1 aromatic carbocycles. The molecule has 0 aliphatic rings. The fraction of sp³-hybridized carbons (Fsp3) is 0.308. The summed E-state index contributed by atoms with van der Waals surface area (Å²) >= 11 is 0. The summed E-state index contributed by atoms with van der Waals surface area (Å²) in [6.07, 6.45) is 4.55. The van der Waals surface area contributed by atoms with Crippen LogP contribution in [-0.4, -0.2) is 16.5 Å². The first-order chi connectivity index (χ1) is 8.31. The van der Waals surface area contributed by atoms with Crippen molar-refractivity contribution in [3.63, 3.8) is 0 Å². The largest absolute Gasteiger partial charge is 0.347 e. The molecule has 2 N–H and O–H groups in total. The molecule has 0 bridgehead atoms. The standard InChI is InChI=1S/C13H16FN3/c1-2-7-15-12(13-16-8-9-17-13)10-3-5-11(14)6-4-10/h3-6,8-9,12,15H,2,7H2,1H3,(H,16,17). The predicted octanol–water partition coefficient (Wildman–Crippen LogP) is 2.64. The van der Waals surface area contributed by atoms with Crippen molar-refractivity contribution in [2.45, 2.75) is 19.4 Å². The van der Waals surface area contributed by atoms with Gasteiger partial charge in [0.15, 0.2) is 0 Å². The molecule has 3 nitrogen and oxygen atoms in total. The SMILES string of the molecule is CCCNC(c1ccc(F)cc1)c1ncc[nH]1. The van der Waals surface area contributed by atoms with Crippen LogP contribution in [0.1, 0.15) is 30.8 Å². The van der Waals surface area contributed by atoms with Crippen molar-refractivity contribution >= 4 is 0 Å². The number of hydrogen-bond donors (Lipinski definition) is 2. The normalized spacial score (nSPS) is 12.6. The van der Waals surface area contributed by atoms with E-state index in [0.29, 0.717) is 0 Å². The van der Waals surface area contributed by atoms with E-state index in [-0.39, 0.29) is 11.9 Å². The Morgan fingerprint density at radius 1 is 1.35 bits per heavy atom. The fourth-order valence-electron chi connectivity index (χ4n) is 1.75. The molecule has 0 saturated carbocycles. The molecular formula is C13H16FN3. The van der Waals surface area contributed by atoms with E-state index in [1.807, 2.05) is 0 Å². The molecule has 2 aromatic rings. The van der Waals surface area contributed by atoms with E-state index < -0.39 is 0 Å². The fourth-order valence-corrected chi connectivity index (χ4v) is 1.75. The summed E-state index contributed by atoms with van der Waals surface area (Å²) in [6.45, 7) is 3.00. The molecule has 1 unspecified atom stereocenters. The molecule has 4 heteroatoms. The number of H-pyrrole nitrogens is 1. The summed E-state index contributed by atoms with van der Waals surface area (Å²) in [5.74, 6) is 0.632. The molecule has 0 aliphatic heterocycles. The Bertz CT molecular complexity index is 436. The zero-order chi connectivity index (χ0) is 12.1. The van der Waals surface area contributed by atoms with Crippen LogP contribution in [-0.2, 0) is 0 Å². The monoisotopic (exact) mass is 233 g/mol. The van der Waals surface area contributed by atoms with Gasteiger partial charge in [-0.25, -0.2) is 9.37 Å². The predicted molar refractivity (Wildman–Crippen MR) is 65.1 cm³/mol. The summed E-state index contributed by atoms with van der Waals surface area (Å²) in [7, 11) is 0. The van der Waals surface area contributed by atoms with E-state index in [1.165, 1.54) is 12.1 Å². The van der Waals surface area contributed by atoms with Gasteiger partial charge in [0.05, 0.1) is 6.04 Å². The highest BCUT2D eigenvalue weighted by molar-refractivity contribution is 5.25.